The molecular formula is C23H20Cl2FN3O4. The lowest BCUT2D eigenvalue weighted by atomic mass is 9.83. The van der Waals surface area contributed by atoms with Crippen LogP contribution in [-0.2, 0) is 34.7 Å². The summed E-state index contributed by atoms with van der Waals surface area (Å²) in [6.07, 6.45) is 1.20. The highest BCUT2D eigenvalue weighted by molar-refractivity contribution is 6.32. The van der Waals surface area contributed by atoms with Gasteiger partial charge in [0.25, 0.3) is 5.56 Å². The molecule has 0 saturated heterocycles. The van der Waals surface area contributed by atoms with E-state index >= 15 is 0 Å². The number of fused-ring (bicyclic) bond motifs is 5. The summed E-state index contributed by atoms with van der Waals surface area (Å²) in [5.74, 6) is -1.33. The van der Waals surface area contributed by atoms with Crippen LogP contribution in [-0.4, -0.2) is 20.6 Å². The molecule has 1 aliphatic carbocycles. The van der Waals surface area contributed by atoms with E-state index in [-0.39, 0.29) is 59.7 Å². The van der Waals surface area contributed by atoms with Crippen LogP contribution in [0.5, 0.6) is 0 Å². The van der Waals surface area contributed by atoms with E-state index in [1.165, 1.54) is 6.07 Å². The number of rotatable bonds is 1. The number of ether oxygens (including phenoxy) is 1. The summed E-state index contributed by atoms with van der Waals surface area (Å²) in [7, 11) is 0. The molecule has 7 nitrogen and oxygen atoms in total. The number of esters is 1. The molecule has 172 valence electrons. The standard InChI is InChI=1S/C23H19ClFN3O4.ClH/c1-2-23(31)12-5-16-20-10(7-28(16)21(29)11(12)8-32-22(23)30)17-14(26)4-3-9-18(17)15(27-20)6-13(25)19(9)24;/h5-6,14,31H,2-4,7-8,26H2,1H3;1H/t14?,23-;/m0./s1. The SMILES string of the molecule is CC[C@@]1(O)C(=O)OCc2c1cc1n(c2=O)Cc2c-1nc1cc(F)c(Cl)c3c1c2C(N)CC3.Cl. The first-order chi connectivity index (χ1) is 15.3. The maximum absolute atomic E-state index is 14.5. The van der Waals surface area contributed by atoms with E-state index < -0.39 is 17.4 Å². The number of carbonyl (C=O) groups excluding carboxylic acids is 1. The van der Waals surface area contributed by atoms with Gasteiger partial charge in [-0.05, 0) is 36.5 Å². The molecule has 33 heavy (non-hydrogen) atoms. The van der Waals surface area contributed by atoms with Crippen molar-refractivity contribution < 1.29 is 19.0 Å². The van der Waals surface area contributed by atoms with Gasteiger partial charge in [-0.25, -0.2) is 14.2 Å². The summed E-state index contributed by atoms with van der Waals surface area (Å²) in [6, 6.07) is 2.63. The molecule has 0 fully saturated rings. The van der Waals surface area contributed by atoms with Gasteiger partial charge in [0.15, 0.2) is 5.60 Å². The number of aliphatic hydroxyl groups is 1. The largest absolute Gasteiger partial charge is 0.458 e. The van der Waals surface area contributed by atoms with Crippen LogP contribution in [0.25, 0.3) is 22.3 Å². The van der Waals surface area contributed by atoms with Crippen LogP contribution < -0.4 is 11.3 Å². The van der Waals surface area contributed by atoms with Crippen molar-refractivity contribution in [3.63, 3.8) is 0 Å². The van der Waals surface area contributed by atoms with Gasteiger partial charge in [0.1, 0.15) is 12.4 Å². The zero-order valence-electron chi connectivity index (χ0n) is 17.6. The number of nitrogens with two attached hydrogens (primary N) is 1. The second-order valence-corrected chi connectivity index (χ2v) is 9.02. The number of nitrogens with zero attached hydrogens (tertiary/aromatic N) is 2. The van der Waals surface area contributed by atoms with Crippen molar-refractivity contribution in [3.8, 4) is 11.4 Å². The Balaban J connectivity index is 0.00000228. The van der Waals surface area contributed by atoms with E-state index in [0.29, 0.717) is 35.3 Å². The van der Waals surface area contributed by atoms with E-state index in [2.05, 4.69) is 0 Å². The summed E-state index contributed by atoms with van der Waals surface area (Å²) in [5, 5.41) is 11.8. The van der Waals surface area contributed by atoms with Crippen molar-refractivity contribution in [1.29, 1.82) is 0 Å². The fraction of sp³-hybridized carbons (Fsp3) is 0.348. The van der Waals surface area contributed by atoms with Crippen molar-refractivity contribution in [1.82, 2.24) is 9.55 Å². The van der Waals surface area contributed by atoms with E-state index in [4.69, 9.17) is 27.1 Å². The van der Waals surface area contributed by atoms with Crippen LogP contribution in [0.4, 0.5) is 4.39 Å². The number of halogens is 3. The monoisotopic (exact) mass is 491 g/mol. The summed E-state index contributed by atoms with van der Waals surface area (Å²) in [4.78, 5) is 30.4. The second kappa shape index (κ2) is 7.24. The zero-order chi connectivity index (χ0) is 22.5. The lowest BCUT2D eigenvalue weighted by Gasteiger charge is -2.31. The number of benzene rings is 1. The van der Waals surface area contributed by atoms with E-state index in [1.807, 2.05) is 0 Å². The van der Waals surface area contributed by atoms with Crippen LogP contribution in [0.3, 0.4) is 0 Å². The van der Waals surface area contributed by atoms with Crippen molar-refractivity contribution >= 4 is 40.9 Å². The lowest BCUT2D eigenvalue weighted by Crippen LogP contribution is -2.44. The normalized spacial score (nSPS) is 22.3. The Hall–Kier alpha value is -2.52. The molecule has 2 atom stereocenters. The van der Waals surface area contributed by atoms with Gasteiger partial charge in [-0.15, -0.1) is 12.4 Å². The number of cyclic esters (lactones) is 1. The van der Waals surface area contributed by atoms with Crippen LogP contribution in [0.1, 0.15) is 53.6 Å². The molecule has 4 heterocycles. The molecule has 1 unspecified atom stereocenters. The van der Waals surface area contributed by atoms with Gasteiger partial charge in [0.05, 0.1) is 34.0 Å². The third kappa shape index (κ3) is 2.72. The Bertz CT molecular complexity index is 1450. The van der Waals surface area contributed by atoms with Crippen molar-refractivity contribution in [2.45, 2.75) is 51.0 Å². The molecule has 2 aliphatic heterocycles. The molecule has 3 aliphatic rings. The van der Waals surface area contributed by atoms with Crippen LogP contribution in [0.2, 0.25) is 5.02 Å². The molecule has 0 spiro atoms. The molecule has 0 radical (unpaired) electrons. The fourth-order valence-electron chi connectivity index (χ4n) is 5.39. The molecule has 1 aromatic carbocycles. The number of carbonyl (C=O) groups is 1. The minimum absolute atomic E-state index is 0. The van der Waals surface area contributed by atoms with Gasteiger partial charge in [0.2, 0.25) is 0 Å². The van der Waals surface area contributed by atoms with Crippen LogP contribution in [0, 0.1) is 5.82 Å². The maximum Gasteiger partial charge on any atom is 0.343 e. The summed E-state index contributed by atoms with van der Waals surface area (Å²) in [5.41, 5.74) is 8.44. The second-order valence-electron chi connectivity index (χ2n) is 8.65. The van der Waals surface area contributed by atoms with Crippen molar-refractivity contribution in [3.05, 3.63) is 61.1 Å². The fourth-order valence-corrected chi connectivity index (χ4v) is 5.63. The molecule has 0 saturated carbocycles. The summed E-state index contributed by atoms with van der Waals surface area (Å²) < 4.78 is 21.2. The highest BCUT2D eigenvalue weighted by Crippen LogP contribution is 2.46. The highest BCUT2D eigenvalue weighted by atomic mass is 35.5. The van der Waals surface area contributed by atoms with Gasteiger partial charge in [-0.1, -0.05) is 18.5 Å². The Labute approximate surface area is 198 Å². The van der Waals surface area contributed by atoms with Gasteiger partial charge in [0, 0.05) is 28.6 Å². The minimum Gasteiger partial charge on any atom is -0.458 e. The quantitative estimate of drug-likeness (QED) is 0.395. The van der Waals surface area contributed by atoms with Crippen LogP contribution >= 0.6 is 24.0 Å². The molecule has 6 rings (SSSR count). The zero-order valence-corrected chi connectivity index (χ0v) is 19.1. The Morgan fingerprint density at radius 3 is 2.82 bits per heavy atom. The summed E-state index contributed by atoms with van der Waals surface area (Å²) in [6.45, 7) is 1.70. The first-order valence-corrected chi connectivity index (χ1v) is 10.9. The number of hydrogen-bond acceptors (Lipinski definition) is 6. The first kappa shape index (κ1) is 22.3. The predicted molar refractivity (Wildman–Crippen MR) is 122 cm³/mol. The van der Waals surface area contributed by atoms with Gasteiger partial charge >= 0.3 is 5.97 Å². The Morgan fingerprint density at radius 1 is 1.33 bits per heavy atom. The molecule has 10 heteroatoms. The topological polar surface area (TPSA) is 107 Å². The molecule has 3 aromatic rings. The average Bonchev–Trinajstić information content (AvgIpc) is 3.14. The van der Waals surface area contributed by atoms with Gasteiger partial charge < -0.3 is 20.1 Å². The molecule has 0 amide bonds. The minimum atomic E-state index is -1.90. The van der Waals surface area contributed by atoms with E-state index in [0.717, 1.165) is 16.5 Å². The smallest absolute Gasteiger partial charge is 0.343 e. The maximum atomic E-state index is 14.5. The van der Waals surface area contributed by atoms with Gasteiger partial charge in [-0.3, -0.25) is 4.79 Å². The third-order valence-corrected chi connectivity index (χ3v) is 7.49. The van der Waals surface area contributed by atoms with E-state index in [1.54, 1.807) is 17.6 Å². The molecule has 3 N–H and O–H groups in total. The third-order valence-electron chi connectivity index (χ3n) is 7.09. The van der Waals surface area contributed by atoms with Crippen molar-refractivity contribution in [2.75, 3.05) is 0 Å². The molecule has 0 bridgehead atoms. The number of hydrogen-bond donors (Lipinski definition) is 2. The Morgan fingerprint density at radius 2 is 2.09 bits per heavy atom. The molecule has 2 aromatic heterocycles. The number of pyridine rings is 2. The number of aryl methyl sites for hydroxylation is 1. The average molecular weight is 492 g/mol. The first-order valence-electron chi connectivity index (χ1n) is 10.5. The van der Waals surface area contributed by atoms with Crippen molar-refractivity contribution in [2.24, 2.45) is 5.73 Å². The lowest BCUT2D eigenvalue weighted by molar-refractivity contribution is -0.172. The predicted octanol–water partition coefficient (Wildman–Crippen LogP) is 3.24. The van der Waals surface area contributed by atoms with Gasteiger partial charge in [-0.2, -0.15) is 0 Å². The summed E-state index contributed by atoms with van der Waals surface area (Å²) >= 11 is 6.27. The Kier molecular flexibility index (Phi) is 4.89. The van der Waals surface area contributed by atoms with E-state index in [9.17, 15) is 19.1 Å². The highest BCUT2D eigenvalue weighted by Gasteiger charge is 2.45. The number of aromatic nitrogens is 2. The molecular weight excluding hydrogens is 472 g/mol. The van der Waals surface area contributed by atoms with Crippen LogP contribution in [0.15, 0.2) is 16.9 Å².